The van der Waals surface area contributed by atoms with E-state index in [0.29, 0.717) is 17.9 Å². The highest BCUT2D eigenvalue weighted by Crippen LogP contribution is 2.29. The number of aryl methyl sites for hydroxylation is 1. The minimum Gasteiger partial charge on any atom is -0.381 e. The first-order valence-corrected chi connectivity index (χ1v) is 9.24. The fourth-order valence-corrected chi connectivity index (χ4v) is 3.32. The molecule has 1 N–H and O–H groups in total. The van der Waals surface area contributed by atoms with E-state index in [-0.39, 0.29) is 0 Å². The van der Waals surface area contributed by atoms with Gasteiger partial charge in [0.05, 0.1) is 5.69 Å². The van der Waals surface area contributed by atoms with Crippen molar-refractivity contribution >= 4 is 11.5 Å². The van der Waals surface area contributed by atoms with Crippen LogP contribution in [0.2, 0.25) is 0 Å². The monoisotopic (exact) mass is 330 g/mol. The number of nitrogens with zero attached hydrogens (tertiary/aromatic N) is 3. The first-order chi connectivity index (χ1) is 11.5. The van der Waals surface area contributed by atoms with Crippen LogP contribution in [0.15, 0.2) is 6.07 Å². The molecule has 1 fully saturated rings. The van der Waals surface area contributed by atoms with Crippen molar-refractivity contribution in [1.29, 1.82) is 0 Å². The van der Waals surface area contributed by atoms with E-state index in [1.807, 2.05) is 4.52 Å². The van der Waals surface area contributed by atoms with Crippen molar-refractivity contribution in [2.45, 2.75) is 65.8 Å². The predicted octanol–water partition coefficient (Wildman–Crippen LogP) is 3.95. The molecule has 132 valence electrons. The highest BCUT2D eigenvalue weighted by atomic mass is 16.5. The van der Waals surface area contributed by atoms with Gasteiger partial charge in [0.15, 0.2) is 5.65 Å². The third-order valence-corrected chi connectivity index (χ3v) is 5.28. The van der Waals surface area contributed by atoms with Crippen LogP contribution in [0.3, 0.4) is 0 Å². The Bertz CT molecular complexity index is 701. The summed E-state index contributed by atoms with van der Waals surface area (Å²) in [5.41, 5.74) is 4.46. The number of aromatic nitrogens is 3. The molecule has 0 aliphatic carbocycles. The van der Waals surface area contributed by atoms with Crippen LogP contribution in [0.5, 0.6) is 0 Å². The molecule has 2 aromatic rings. The molecule has 1 aliphatic rings. The molecule has 1 aliphatic heterocycles. The molecule has 3 heterocycles. The number of nitrogens with one attached hydrogen (secondary N) is 1. The summed E-state index contributed by atoms with van der Waals surface area (Å²) in [6.45, 7) is 12.7. The molecule has 0 spiro atoms. The van der Waals surface area contributed by atoms with Gasteiger partial charge in [0.25, 0.3) is 0 Å². The molecule has 24 heavy (non-hydrogen) atoms. The fraction of sp³-hybridized carbons (Fsp3) is 0.684. The van der Waals surface area contributed by atoms with E-state index in [9.17, 15) is 0 Å². The number of anilines is 1. The maximum absolute atomic E-state index is 5.49. The molecule has 0 amide bonds. The summed E-state index contributed by atoms with van der Waals surface area (Å²) < 4.78 is 7.51. The summed E-state index contributed by atoms with van der Waals surface area (Å²) in [4.78, 5) is 4.80. The smallest absolute Gasteiger partial charge is 0.157 e. The number of hydrogen-bond donors (Lipinski definition) is 1. The lowest BCUT2D eigenvalue weighted by Crippen LogP contribution is -2.24. The Morgan fingerprint density at radius 2 is 2.00 bits per heavy atom. The molecule has 0 unspecified atom stereocenters. The van der Waals surface area contributed by atoms with E-state index in [2.05, 4.69) is 46.0 Å². The second-order valence-corrected chi connectivity index (χ2v) is 7.28. The molecule has 0 radical (unpaired) electrons. The molecule has 5 heteroatoms. The van der Waals surface area contributed by atoms with Crippen molar-refractivity contribution in [3.8, 4) is 0 Å². The van der Waals surface area contributed by atoms with Gasteiger partial charge in [0, 0.05) is 42.5 Å². The van der Waals surface area contributed by atoms with E-state index in [1.54, 1.807) is 0 Å². The van der Waals surface area contributed by atoms with E-state index in [4.69, 9.17) is 14.8 Å². The predicted molar refractivity (Wildman–Crippen MR) is 97.8 cm³/mol. The Hall–Kier alpha value is -1.62. The molecule has 0 bridgehead atoms. The van der Waals surface area contributed by atoms with Gasteiger partial charge in [-0.05, 0) is 39.0 Å². The first kappa shape index (κ1) is 17.2. The van der Waals surface area contributed by atoms with Crippen LogP contribution in [-0.4, -0.2) is 33.9 Å². The molecular formula is C19H30N4O. The topological polar surface area (TPSA) is 51.5 Å². The third kappa shape index (κ3) is 3.27. The molecule has 0 saturated carbocycles. The van der Waals surface area contributed by atoms with Gasteiger partial charge in [-0.2, -0.15) is 9.61 Å². The van der Waals surface area contributed by atoms with Gasteiger partial charge < -0.3 is 10.1 Å². The Balaban J connectivity index is 2.06. The van der Waals surface area contributed by atoms with E-state index >= 15 is 0 Å². The van der Waals surface area contributed by atoms with Crippen molar-refractivity contribution in [2.24, 2.45) is 5.92 Å². The Labute approximate surface area is 144 Å². The minimum atomic E-state index is 0.385. The Morgan fingerprint density at radius 1 is 1.29 bits per heavy atom. The first-order valence-electron chi connectivity index (χ1n) is 9.24. The maximum atomic E-state index is 5.49. The lowest BCUT2D eigenvalue weighted by Gasteiger charge is -2.22. The van der Waals surface area contributed by atoms with Gasteiger partial charge in [0.2, 0.25) is 0 Å². The quantitative estimate of drug-likeness (QED) is 0.902. The van der Waals surface area contributed by atoms with Gasteiger partial charge in [-0.25, -0.2) is 4.98 Å². The largest absolute Gasteiger partial charge is 0.381 e. The lowest BCUT2D eigenvalue weighted by molar-refractivity contribution is 0.0844. The summed E-state index contributed by atoms with van der Waals surface area (Å²) in [7, 11) is 0. The highest BCUT2D eigenvalue weighted by Gasteiger charge is 2.22. The van der Waals surface area contributed by atoms with Crippen LogP contribution in [0, 0.1) is 12.8 Å². The lowest BCUT2D eigenvalue weighted by atomic mass is 9.97. The number of fused-ring (bicyclic) bond motifs is 1. The van der Waals surface area contributed by atoms with E-state index in [1.165, 1.54) is 5.56 Å². The van der Waals surface area contributed by atoms with Crippen LogP contribution in [-0.2, 0) is 11.2 Å². The fourth-order valence-electron chi connectivity index (χ4n) is 3.32. The van der Waals surface area contributed by atoms with E-state index < -0.39 is 0 Å². The van der Waals surface area contributed by atoms with Crippen molar-refractivity contribution in [2.75, 3.05) is 18.5 Å². The van der Waals surface area contributed by atoms with Crippen molar-refractivity contribution < 1.29 is 4.74 Å². The van der Waals surface area contributed by atoms with E-state index in [0.717, 1.165) is 55.3 Å². The van der Waals surface area contributed by atoms with Crippen LogP contribution in [0.4, 0.5) is 5.82 Å². The van der Waals surface area contributed by atoms with Gasteiger partial charge in [-0.15, -0.1) is 0 Å². The van der Waals surface area contributed by atoms with Crippen LogP contribution < -0.4 is 5.32 Å². The van der Waals surface area contributed by atoms with Crippen molar-refractivity contribution in [3.63, 3.8) is 0 Å². The number of rotatable bonds is 5. The van der Waals surface area contributed by atoms with Crippen molar-refractivity contribution in [3.05, 3.63) is 23.0 Å². The standard InChI is InChI=1S/C19H30N4O/c1-6-16-14(5)20-18-11-17(15-7-9-24-10-8-15)22-23(18)19(16)21-13(4)12(2)3/h11-13,15,21H,6-10H2,1-5H3/t13-/m0/s1. The zero-order valence-corrected chi connectivity index (χ0v) is 15.6. The van der Waals surface area contributed by atoms with Crippen LogP contribution >= 0.6 is 0 Å². The zero-order chi connectivity index (χ0) is 17.3. The number of hydrogen-bond acceptors (Lipinski definition) is 4. The Kier molecular flexibility index (Phi) is 5.09. The van der Waals surface area contributed by atoms with Gasteiger partial charge in [-0.1, -0.05) is 20.8 Å². The molecule has 5 nitrogen and oxygen atoms in total. The average Bonchev–Trinajstić information content (AvgIpc) is 2.99. The number of ether oxygens (including phenoxy) is 1. The second kappa shape index (κ2) is 7.09. The minimum absolute atomic E-state index is 0.385. The molecular weight excluding hydrogens is 300 g/mol. The third-order valence-electron chi connectivity index (χ3n) is 5.28. The van der Waals surface area contributed by atoms with Crippen molar-refractivity contribution in [1.82, 2.24) is 14.6 Å². The van der Waals surface area contributed by atoms with Gasteiger partial charge in [-0.3, -0.25) is 0 Å². The molecule has 2 aromatic heterocycles. The molecule has 3 rings (SSSR count). The Morgan fingerprint density at radius 3 is 2.62 bits per heavy atom. The highest BCUT2D eigenvalue weighted by molar-refractivity contribution is 5.56. The summed E-state index contributed by atoms with van der Waals surface area (Å²) in [5, 5.41) is 8.63. The zero-order valence-electron chi connectivity index (χ0n) is 15.6. The summed E-state index contributed by atoms with van der Waals surface area (Å²) in [6, 6.07) is 2.55. The molecule has 1 atom stereocenters. The van der Waals surface area contributed by atoms with Crippen LogP contribution in [0.1, 0.15) is 63.4 Å². The average molecular weight is 330 g/mol. The molecule has 0 aromatic carbocycles. The molecule has 1 saturated heterocycles. The maximum Gasteiger partial charge on any atom is 0.157 e. The normalized spacial score (nSPS) is 17.6. The SMILES string of the molecule is CCc1c(C)nc2cc(C3CCOCC3)nn2c1N[C@@H](C)C(C)C. The summed E-state index contributed by atoms with van der Waals surface area (Å²) in [6.07, 6.45) is 3.05. The van der Waals surface area contributed by atoms with Gasteiger partial charge in [0.1, 0.15) is 5.82 Å². The summed E-state index contributed by atoms with van der Waals surface area (Å²) in [5.74, 6) is 2.16. The second-order valence-electron chi connectivity index (χ2n) is 7.28. The van der Waals surface area contributed by atoms with Crippen LogP contribution in [0.25, 0.3) is 5.65 Å². The van der Waals surface area contributed by atoms with Gasteiger partial charge >= 0.3 is 0 Å². The summed E-state index contributed by atoms with van der Waals surface area (Å²) >= 11 is 0.